The molecule has 114 valence electrons. The zero-order valence-corrected chi connectivity index (χ0v) is 12.5. The number of methoxy groups -OCH3 is 1. The number of benzene rings is 1. The number of carboxylic acids is 1. The highest BCUT2D eigenvalue weighted by atomic mass is 16.6. The van der Waals surface area contributed by atoms with E-state index >= 15 is 0 Å². The van der Waals surface area contributed by atoms with Crippen LogP contribution in [0.1, 0.15) is 38.7 Å². The molecule has 0 aliphatic carbocycles. The fraction of sp³-hybridized carbons (Fsp3) is 0.375. The van der Waals surface area contributed by atoms with E-state index in [1.807, 2.05) is 13.8 Å². The Hall–Kier alpha value is -2.30. The van der Waals surface area contributed by atoms with E-state index in [1.165, 1.54) is 7.11 Å². The fourth-order valence-electron chi connectivity index (χ4n) is 1.87. The molecule has 0 saturated carbocycles. The van der Waals surface area contributed by atoms with E-state index in [0.29, 0.717) is 36.3 Å². The van der Waals surface area contributed by atoms with Gasteiger partial charge in [0.15, 0.2) is 11.5 Å². The maximum absolute atomic E-state index is 11.5. The minimum Gasteiger partial charge on any atom is -0.493 e. The predicted molar refractivity (Wildman–Crippen MR) is 79.4 cm³/mol. The number of allylic oxidation sites excluding steroid dienone is 1. The molecule has 0 fully saturated rings. The van der Waals surface area contributed by atoms with Gasteiger partial charge < -0.3 is 14.6 Å². The van der Waals surface area contributed by atoms with Crippen LogP contribution < -0.4 is 9.47 Å². The number of esters is 1. The van der Waals surface area contributed by atoms with Crippen molar-refractivity contribution in [2.75, 3.05) is 7.11 Å². The number of ether oxygens (including phenoxy) is 2. The van der Waals surface area contributed by atoms with Gasteiger partial charge in [0.1, 0.15) is 0 Å². The zero-order valence-electron chi connectivity index (χ0n) is 12.5. The number of carboxylic acid groups (broad SMARTS) is 1. The molecule has 0 aliphatic rings. The third-order valence-electron chi connectivity index (χ3n) is 2.89. The van der Waals surface area contributed by atoms with Gasteiger partial charge in [-0.05, 0) is 36.1 Å². The van der Waals surface area contributed by atoms with Gasteiger partial charge in [0.25, 0.3) is 0 Å². The molecule has 0 radical (unpaired) electrons. The third kappa shape index (κ3) is 4.95. The molecule has 0 saturated heterocycles. The Balaban J connectivity index is 3.08. The zero-order chi connectivity index (χ0) is 15.8. The number of hydrogen-bond acceptors (Lipinski definition) is 4. The van der Waals surface area contributed by atoms with Crippen molar-refractivity contribution in [1.82, 2.24) is 0 Å². The molecule has 5 heteroatoms. The predicted octanol–water partition coefficient (Wildman–Crippen LogP) is 3.28. The first-order chi connectivity index (χ1) is 10.0. The van der Waals surface area contributed by atoms with Crippen LogP contribution in [-0.4, -0.2) is 24.2 Å². The van der Waals surface area contributed by atoms with Crippen molar-refractivity contribution in [3.8, 4) is 11.5 Å². The van der Waals surface area contributed by atoms with E-state index < -0.39 is 5.97 Å². The Morgan fingerprint density at radius 1 is 1.24 bits per heavy atom. The van der Waals surface area contributed by atoms with Gasteiger partial charge in [0.2, 0.25) is 0 Å². The van der Waals surface area contributed by atoms with Crippen LogP contribution in [0.15, 0.2) is 24.3 Å². The molecule has 0 aliphatic heterocycles. The molecule has 0 atom stereocenters. The highest BCUT2D eigenvalue weighted by Gasteiger charge is 2.12. The smallest absolute Gasteiger partial charge is 0.328 e. The molecule has 1 aromatic carbocycles. The van der Waals surface area contributed by atoms with Crippen molar-refractivity contribution in [3.63, 3.8) is 0 Å². The van der Waals surface area contributed by atoms with Crippen molar-refractivity contribution in [3.05, 3.63) is 29.8 Å². The minimum absolute atomic E-state index is 0.319. The Kier molecular flexibility index (Phi) is 6.46. The Labute approximate surface area is 124 Å². The number of rotatable bonds is 7. The van der Waals surface area contributed by atoms with Crippen molar-refractivity contribution in [2.45, 2.75) is 33.1 Å². The van der Waals surface area contributed by atoms with E-state index in [2.05, 4.69) is 0 Å². The van der Waals surface area contributed by atoms with Crippen molar-refractivity contribution < 1.29 is 24.2 Å². The van der Waals surface area contributed by atoms with Gasteiger partial charge in [-0.15, -0.1) is 0 Å². The largest absolute Gasteiger partial charge is 0.493 e. The van der Waals surface area contributed by atoms with Crippen LogP contribution in [0.5, 0.6) is 11.5 Å². The van der Waals surface area contributed by atoms with Crippen LogP contribution in [0.25, 0.3) is 5.57 Å². The van der Waals surface area contributed by atoms with Crippen LogP contribution in [-0.2, 0) is 9.59 Å². The molecule has 0 heterocycles. The summed E-state index contributed by atoms with van der Waals surface area (Å²) in [5, 5.41) is 8.86. The van der Waals surface area contributed by atoms with Gasteiger partial charge in [-0.25, -0.2) is 4.79 Å². The van der Waals surface area contributed by atoms with Crippen LogP contribution in [0.2, 0.25) is 0 Å². The number of hydrogen-bond donors (Lipinski definition) is 1. The van der Waals surface area contributed by atoms with E-state index in [-0.39, 0.29) is 5.97 Å². The summed E-state index contributed by atoms with van der Waals surface area (Å²) in [6.07, 6.45) is 2.78. The summed E-state index contributed by atoms with van der Waals surface area (Å²) in [5.41, 5.74) is 1.40. The molecule has 1 N–H and O–H groups in total. The van der Waals surface area contributed by atoms with E-state index in [0.717, 1.165) is 11.6 Å². The molecule has 1 rings (SSSR count). The van der Waals surface area contributed by atoms with Gasteiger partial charge in [-0.1, -0.05) is 19.9 Å². The molecule has 0 bridgehead atoms. The van der Waals surface area contributed by atoms with Crippen LogP contribution in [0.3, 0.4) is 0 Å². The molecule has 0 unspecified atom stereocenters. The summed E-state index contributed by atoms with van der Waals surface area (Å²) in [6.45, 7) is 3.77. The van der Waals surface area contributed by atoms with Gasteiger partial charge in [0, 0.05) is 12.5 Å². The lowest BCUT2D eigenvalue weighted by Gasteiger charge is -2.12. The minimum atomic E-state index is -0.996. The van der Waals surface area contributed by atoms with Gasteiger partial charge in [-0.2, -0.15) is 0 Å². The number of carbonyl (C=O) groups excluding carboxylic acids is 1. The first-order valence-electron chi connectivity index (χ1n) is 6.84. The average molecular weight is 292 g/mol. The Morgan fingerprint density at radius 3 is 2.48 bits per heavy atom. The van der Waals surface area contributed by atoms with E-state index in [9.17, 15) is 9.59 Å². The van der Waals surface area contributed by atoms with E-state index in [1.54, 1.807) is 18.2 Å². The summed E-state index contributed by atoms with van der Waals surface area (Å²) in [7, 11) is 1.47. The lowest BCUT2D eigenvalue weighted by atomic mass is 10.0. The maximum Gasteiger partial charge on any atom is 0.328 e. The standard InChI is InChI=1S/C16H20O5/c1-4-6-16(19)21-13-8-7-12(9-14(13)20-3)11(5-2)10-15(17)18/h7-10H,4-6H2,1-3H3,(H,17,18). The Morgan fingerprint density at radius 2 is 1.95 bits per heavy atom. The van der Waals surface area contributed by atoms with Gasteiger partial charge >= 0.3 is 11.9 Å². The second-order valence-electron chi connectivity index (χ2n) is 4.45. The number of aliphatic carboxylic acids is 1. The lowest BCUT2D eigenvalue weighted by Crippen LogP contribution is -2.08. The topological polar surface area (TPSA) is 72.8 Å². The molecule has 21 heavy (non-hydrogen) atoms. The summed E-state index contributed by atoms with van der Waals surface area (Å²) < 4.78 is 10.4. The third-order valence-corrected chi connectivity index (χ3v) is 2.89. The van der Waals surface area contributed by atoms with Crippen LogP contribution in [0.4, 0.5) is 0 Å². The lowest BCUT2D eigenvalue weighted by molar-refractivity contribution is -0.134. The normalized spacial score (nSPS) is 11.1. The molecular formula is C16H20O5. The van der Waals surface area contributed by atoms with Crippen molar-refractivity contribution >= 4 is 17.5 Å². The van der Waals surface area contributed by atoms with Gasteiger partial charge in [0.05, 0.1) is 7.11 Å². The molecule has 0 spiro atoms. The first kappa shape index (κ1) is 16.8. The average Bonchev–Trinajstić information content (AvgIpc) is 2.45. The van der Waals surface area contributed by atoms with Crippen LogP contribution >= 0.6 is 0 Å². The molecular weight excluding hydrogens is 272 g/mol. The number of carbonyl (C=O) groups is 2. The SMILES string of the molecule is CCCC(=O)Oc1ccc(C(=CC(=O)O)CC)cc1OC. The molecule has 0 amide bonds. The van der Waals surface area contributed by atoms with Gasteiger partial charge in [-0.3, -0.25) is 4.79 Å². The molecule has 5 nitrogen and oxygen atoms in total. The summed E-state index contributed by atoms with van der Waals surface area (Å²) in [4.78, 5) is 22.3. The van der Waals surface area contributed by atoms with E-state index in [4.69, 9.17) is 14.6 Å². The Bertz CT molecular complexity index is 546. The summed E-state index contributed by atoms with van der Waals surface area (Å²) in [5.74, 6) is -0.572. The highest BCUT2D eigenvalue weighted by molar-refractivity contribution is 5.90. The quantitative estimate of drug-likeness (QED) is 0.474. The summed E-state index contributed by atoms with van der Waals surface area (Å²) >= 11 is 0. The van der Waals surface area contributed by atoms with Crippen LogP contribution in [0, 0.1) is 0 Å². The maximum atomic E-state index is 11.5. The second-order valence-corrected chi connectivity index (χ2v) is 4.45. The fourth-order valence-corrected chi connectivity index (χ4v) is 1.87. The molecule has 1 aromatic rings. The monoisotopic (exact) mass is 292 g/mol. The van der Waals surface area contributed by atoms with Crippen molar-refractivity contribution in [2.24, 2.45) is 0 Å². The highest BCUT2D eigenvalue weighted by Crippen LogP contribution is 2.32. The first-order valence-corrected chi connectivity index (χ1v) is 6.84. The second kappa shape index (κ2) is 8.09. The molecule has 0 aromatic heterocycles. The van der Waals surface area contributed by atoms with Crippen molar-refractivity contribution in [1.29, 1.82) is 0 Å². The summed E-state index contributed by atoms with van der Waals surface area (Å²) in [6, 6.07) is 5.01.